The van der Waals surface area contributed by atoms with E-state index in [1.165, 1.54) is 0 Å². The van der Waals surface area contributed by atoms with Crippen molar-refractivity contribution in [2.24, 2.45) is 5.73 Å². The van der Waals surface area contributed by atoms with Crippen molar-refractivity contribution in [2.45, 2.75) is 46.1 Å². The SMILES string of the molecule is CCCCN(CC)C(=O)[C@@H](N)CC. The molecule has 1 amide bonds. The first-order valence-electron chi connectivity index (χ1n) is 5.21. The molecule has 0 radical (unpaired) electrons. The van der Waals surface area contributed by atoms with Crippen LogP contribution in [-0.2, 0) is 4.79 Å². The van der Waals surface area contributed by atoms with Crippen LogP contribution < -0.4 is 5.73 Å². The molecule has 0 rings (SSSR count). The zero-order valence-corrected chi connectivity index (χ0v) is 9.05. The number of hydrogen-bond acceptors (Lipinski definition) is 2. The van der Waals surface area contributed by atoms with Crippen LogP contribution in [0.5, 0.6) is 0 Å². The van der Waals surface area contributed by atoms with Crippen LogP contribution in [0.2, 0.25) is 0 Å². The summed E-state index contributed by atoms with van der Waals surface area (Å²) < 4.78 is 0. The normalized spacial score (nSPS) is 12.6. The molecule has 78 valence electrons. The van der Waals surface area contributed by atoms with Gasteiger partial charge in [0.25, 0.3) is 0 Å². The van der Waals surface area contributed by atoms with E-state index in [1.54, 1.807) is 0 Å². The van der Waals surface area contributed by atoms with Crippen molar-refractivity contribution in [3.05, 3.63) is 0 Å². The Kier molecular flexibility index (Phi) is 6.59. The molecule has 0 unspecified atom stereocenters. The minimum atomic E-state index is -0.309. The number of amides is 1. The van der Waals surface area contributed by atoms with Crippen LogP contribution in [0.15, 0.2) is 0 Å². The Hall–Kier alpha value is -0.570. The number of hydrogen-bond donors (Lipinski definition) is 1. The monoisotopic (exact) mass is 186 g/mol. The maximum atomic E-state index is 11.6. The first kappa shape index (κ1) is 12.4. The molecule has 0 heterocycles. The standard InChI is InChI=1S/C10H22N2O/c1-4-7-8-12(6-3)10(13)9(11)5-2/h9H,4-8,11H2,1-3H3/t9-/m0/s1. The van der Waals surface area contributed by atoms with E-state index in [-0.39, 0.29) is 11.9 Å². The number of carbonyl (C=O) groups excluding carboxylic acids is 1. The van der Waals surface area contributed by atoms with E-state index in [0.717, 1.165) is 32.4 Å². The average molecular weight is 186 g/mol. The molecule has 13 heavy (non-hydrogen) atoms. The van der Waals surface area contributed by atoms with Crippen molar-refractivity contribution in [1.82, 2.24) is 4.90 Å². The molecule has 0 saturated carbocycles. The third-order valence-corrected chi connectivity index (χ3v) is 2.23. The number of nitrogens with two attached hydrogens (primary N) is 1. The van der Waals surface area contributed by atoms with E-state index in [2.05, 4.69) is 6.92 Å². The Morgan fingerprint density at radius 3 is 2.38 bits per heavy atom. The molecular formula is C10H22N2O. The van der Waals surface area contributed by atoms with Crippen molar-refractivity contribution < 1.29 is 4.79 Å². The summed E-state index contributed by atoms with van der Waals surface area (Å²) in [6, 6.07) is -0.309. The Balaban J connectivity index is 3.98. The summed E-state index contributed by atoms with van der Waals surface area (Å²) in [5.74, 6) is 0.0958. The topological polar surface area (TPSA) is 46.3 Å². The molecule has 0 saturated heterocycles. The molecule has 0 aliphatic rings. The second-order valence-electron chi connectivity index (χ2n) is 3.29. The van der Waals surface area contributed by atoms with Gasteiger partial charge in [-0.3, -0.25) is 4.79 Å². The summed E-state index contributed by atoms with van der Waals surface area (Å²) in [4.78, 5) is 13.5. The maximum absolute atomic E-state index is 11.6. The van der Waals surface area contributed by atoms with Gasteiger partial charge < -0.3 is 10.6 Å². The third-order valence-electron chi connectivity index (χ3n) is 2.23. The van der Waals surface area contributed by atoms with Crippen molar-refractivity contribution >= 4 is 5.91 Å². The summed E-state index contributed by atoms with van der Waals surface area (Å²) in [6.45, 7) is 7.68. The highest BCUT2D eigenvalue weighted by Gasteiger charge is 2.16. The van der Waals surface area contributed by atoms with E-state index in [0.29, 0.717) is 0 Å². The van der Waals surface area contributed by atoms with Gasteiger partial charge >= 0.3 is 0 Å². The number of nitrogens with zero attached hydrogens (tertiary/aromatic N) is 1. The second kappa shape index (κ2) is 6.89. The average Bonchev–Trinajstić information content (AvgIpc) is 2.17. The molecule has 0 aromatic carbocycles. The molecule has 0 aliphatic carbocycles. The number of rotatable bonds is 6. The predicted molar refractivity (Wildman–Crippen MR) is 55.4 cm³/mol. The van der Waals surface area contributed by atoms with Crippen LogP contribution in [0.3, 0.4) is 0 Å². The third kappa shape index (κ3) is 4.27. The van der Waals surface area contributed by atoms with Crippen molar-refractivity contribution in [3.63, 3.8) is 0 Å². The quantitative estimate of drug-likeness (QED) is 0.681. The smallest absolute Gasteiger partial charge is 0.239 e. The van der Waals surface area contributed by atoms with Crippen molar-refractivity contribution in [1.29, 1.82) is 0 Å². The Bertz CT molecular complexity index is 148. The predicted octanol–water partition coefficient (Wildman–Crippen LogP) is 1.37. The Morgan fingerprint density at radius 2 is 2.00 bits per heavy atom. The van der Waals surface area contributed by atoms with Crippen LogP contribution in [0.4, 0.5) is 0 Å². The lowest BCUT2D eigenvalue weighted by molar-refractivity contribution is -0.132. The largest absolute Gasteiger partial charge is 0.342 e. The summed E-state index contributed by atoms with van der Waals surface area (Å²) in [6.07, 6.45) is 2.91. The fourth-order valence-electron chi connectivity index (χ4n) is 1.18. The minimum Gasteiger partial charge on any atom is -0.342 e. The summed E-state index contributed by atoms with van der Waals surface area (Å²) in [7, 11) is 0. The number of carbonyl (C=O) groups is 1. The van der Waals surface area contributed by atoms with Crippen molar-refractivity contribution in [2.75, 3.05) is 13.1 Å². The Labute approximate surface area is 81.3 Å². The van der Waals surface area contributed by atoms with Gasteiger partial charge in [-0.15, -0.1) is 0 Å². The summed E-state index contributed by atoms with van der Waals surface area (Å²) >= 11 is 0. The van der Waals surface area contributed by atoms with E-state index in [9.17, 15) is 4.79 Å². The highest BCUT2D eigenvalue weighted by Crippen LogP contribution is 1.99. The lowest BCUT2D eigenvalue weighted by Crippen LogP contribution is -2.43. The van der Waals surface area contributed by atoms with Crippen LogP contribution in [0.1, 0.15) is 40.0 Å². The zero-order valence-electron chi connectivity index (χ0n) is 9.05. The van der Waals surface area contributed by atoms with Gasteiger partial charge in [-0.05, 0) is 19.8 Å². The molecule has 0 bridgehead atoms. The lowest BCUT2D eigenvalue weighted by Gasteiger charge is -2.23. The molecule has 0 fully saturated rings. The van der Waals surface area contributed by atoms with Gasteiger partial charge in [0.15, 0.2) is 0 Å². The van der Waals surface area contributed by atoms with Crippen LogP contribution >= 0.6 is 0 Å². The molecule has 3 heteroatoms. The van der Waals surface area contributed by atoms with Crippen molar-refractivity contribution in [3.8, 4) is 0 Å². The molecule has 3 nitrogen and oxygen atoms in total. The van der Waals surface area contributed by atoms with Crippen LogP contribution in [0.25, 0.3) is 0 Å². The molecule has 0 aliphatic heterocycles. The number of likely N-dealkylation sites (N-methyl/N-ethyl adjacent to an activating group) is 1. The molecule has 1 atom stereocenters. The minimum absolute atomic E-state index is 0.0958. The first-order chi connectivity index (χ1) is 6.17. The first-order valence-corrected chi connectivity index (χ1v) is 5.21. The van der Waals surface area contributed by atoms with Crippen LogP contribution in [-0.4, -0.2) is 29.9 Å². The molecule has 0 spiro atoms. The molecule has 0 aromatic heterocycles. The Morgan fingerprint density at radius 1 is 1.38 bits per heavy atom. The summed E-state index contributed by atoms with van der Waals surface area (Å²) in [5.41, 5.74) is 5.67. The fourth-order valence-corrected chi connectivity index (χ4v) is 1.18. The lowest BCUT2D eigenvalue weighted by atomic mass is 10.2. The van der Waals surface area contributed by atoms with Gasteiger partial charge in [0.2, 0.25) is 5.91 Å². The van der Waals surface area contributed by atoms with Crippen LogP contribution in [0, 0.1) is 0 Å². The van der Waals surface area contributed by atoms with Gasteiger partial charge in [-0.2, -0.15) is 0 Å². The maximum Gasteiger partial charge on any atom is 0.239 e. The highest BCUT2D eigenvalue weighted by molar-refractivity contribution is 5.81. The van der Waals surface area contributed by atoms with E-state index >= 15 is 0 Å². The van der Waals surface area contributed by atoms with Gasteiger partial charge in [-0.25, -0.2) is 0 Å². The highest BCUT2D eigenvalue weighted by atomic mass is 16.2. The van der Waals surface area contributed by atoms with E-state index in [4.69, 9.17) is 5.73 Å². The van der Waals surface area contributed by atoms with Gasteiger partial charge in [0, 0.05) is 13.1 Å². The van der Waals surface area contributed by atoms with Gasteiger partial charge in [0.1, 0.15) is 0 Å². The number of unbranched alkanes of at least 4 members (excludes halogenated alkanes) is 1. The van der Waals surface area contributed by atoms with Gasteiger partial charge in [-0.1, -0.05) is 20.3 Å². The summed E-state index contributed by atoms with van der Waals surface area (Å²) in [5, 5.41) is 0. The molecule has 0 aromatic rings. The van der Waals surface area contributed by atoms with E-state index < -0.39 is 0 Å². The zero-order chi connectivity index (χ0) is 10.3. The molecule has 2 N–H and O–H groups in total. The van der Waals surface area contributed by atoms with E-state index in [1.807, 2.05) is 18.7 Å². The fraction of sp³-hybridized carbons (Fsp3) is 0.900. The second-order valence-corrected chi connectivity index (χ2v) is 3.29. The molecular weight excluding hydrogens is 164 g/mol. The van der Waals surface area contributed by atoms with Gasteiger partial charge in [0.05, 0.1) is 6.04 Å².